The van der Waals surface area contributed by atoms with Gasteiger partial charge in [0, 0.05) is 4.57 Å². The van der Waals surface area contributed by atoms with Gasteiger partial charge in [-0.25, -0.2) is 24.3 Å². The number of imidazole rings is 1. The molecule has 2 aliphatic rings. The minimum atomic E-state index is -2.50. The normalized spacial score (nSPS) is 26.2. The molecule has 2 fully saturated rings. The Bertz CT molecular complexity index is 1140. The maximum Gasteiger partial charge on any atom is 0.750 e. The van der Waals surface area contributed by atoms with E-state index in [1.54, 1.807) is 35.8 Å². The van der Waals surface area contributed by atoms with Gasteiger partial charge in [0.1, 0.15) is 24.1 Å². The van der Waals surface area contributed by atoms with Gasteiger partial charge < -0.3 is 19.9 Å². The molecule has 2 N–H and O–H groups in total. The molecule has 4 heterocycles. The van der Waals surface area contributed by atoms with Gasteiger partial charge in [0.15, 0.2) is 35.7 Å². The highest BCUT2D eigenvalue weighted by molar-refractivity contribution is 7.33. The molecule has 2 aliphatic heterocycles. The Morgan fingerprint density at radius 1 is 1.16 bits per heavy atom. The lowest BCUT2D eigenvalue weighted by atomic mass is 10.1. The number of para-hydroxylation sites is 1. The molecular formula is C18H17N5O7P+. The Kier molecular flexibility index (Phi) is 4.89. The summed E-state index contributed by atoms with van der Waals surface area (Å²) in [5.74, 6) is 0.609. The van der Waals surface area contributed by atoms with Gasteiger partial charge in [0.2, 0.25) is 0 Å². The molecule has 3 aromatic rings. The lowest BCUT2D eigenvalue weighted by molar-refractivity contribution is -0.0872. The van der Waals surface area contributed by atoms with Gasteiger partial charge in [-0.1, -0.05) is 18.2 Å². The van der Waals surface area contributed by atoms with Gasteiger partial charge in [-0.2, -0.15) is 0 Å². The SMILES string of the molecule is C[C@H](O[P+](=O)Oc1ccccc1)[C@H]1O[C@@H](n2cnc3c(N)ncnc32)[C@@H]2OC(=O)O[C@@H]21. The predicted molar refractivity (Wildman–Crippen MR) is 104 cm³/mol. The fourth-order valence-electron chi connectivity index (χ4n) is 3.62. The molecule has 0 saturated carbocycles. The van der Waals surface area contributed by atoms with Gasteiger partial charge >= 0.3 is 14.4 Å². The van der Waals surface area contributed by atoms with E-state index in [1.165, 1.54) is 12.7 Å². The quantitative estimate of drug-likeness (QED) is 0.439. The third-order valence-corrected chi connectivity index (χ3v) is 5.85. The number of nitrogens with two attached hydrogens (primary N) is 1. The number of nitrogen functional groups attached to an aromatic ring is 1. The molecule has 1 unspecified atom stereocenters. The van der Waals surface area contributed by atoms with Crippen LogP contribution in [0.5, 0.6) is 5.75 Å². The monoisotopic (exact) mass is 446 g/mol. The summed E-state index contributed by atoms with van der Waals surface area (Å²) in [4.78, 5) is 24.1. The van der Waals surface area contributed by atoms with Crippen molar-refractivity contribution in [3.8, 4) is 5.75 Å². The smallest absolute Gasteiger partial charge is 0.424 e. The van der Waals surface area contributed by atoms with E-state index in [4.69, 9.17) is 29.0 Å². The van der Waals surface area contributed by atoms with Crippen molar-refractivity contribution in [3.05, 3.63) is 43.0 Å². The molecular weight excluding hydrogens is 429 g/mol. The molecule has 0 bridgehead atoms. The Balaban J connectivity index is 1.36. The summed E-state index contributed by atoms with van der Waals surface area (Å²) in [6, 6.07) is 8.62. The van der Waals surface area contributed by atoms with Crippen molar-refractivity contribution in [2.45, 2.75) is 37.6 Å². The standard InChI is InChI=1S/C18H17N5O7P/c1-9(29-31(25)30-10-5-3-2-4-6-10)12-13-14(28-18(24)27-13)17(26-12)23-8-22-11-15(19)20-7-21-16(11)23/h2-9,12-14,17H,1H3,(H2,19,20,21)/q+1/t9-,12+,13+,14+,17+/m0/s1. The first-order valence-electron chi connectivity index (χ1n) is 9.34. The number of fused-ring (bicyclic) bond motifs is 2. The van der Waals surface area contributed by atoms with E-state index in [2.05, 4.69) is 15.0 Å². The third kappa shape index (κ3) is 3.54. The predicted octanol–water partition coefficient (Wildman–Crippen LogP) is 2.35. The lowest BCUT2D eigenvalue weighted by Gasteiger charge is -2.19. The maximum atomic E-state index is 12.3. The zero-order valence-electron chi connectivity index (χ0n) is 16.1. The van der Waals surface area contributed by atoms with Gasteiger partial charge in [0.05, 0.1) is 6.33 Å². The molecule has 2 saturated heterocycles. The number of ether oxygens (including phenoxy) is 3. The molecule has 12 nitrogen and oxygen atoms in total. The number of anilines is 1. The first kappa shape index (κ1) is 19.6. The molecule has 6 atom stereocenters. The molecule has 1 aromatic carbocycles. The molecule has 0 amide bonds. The van der Waals surface area contributed by atoms with Crippen molar-refractivity contribution in [1.82, 2.24) is 19.5 Å². The largest absolute Gasteiger partial charge is 0.750 e. The number of hydrogen-bond acceptors (Lipinski definition) is 11. The first-order chi connectivity index (χ1) is 15.0. The van der Waals surface area contributed by atoms with Crippen LogP contribution in [0.4, 0.5) is 10.6 Å². The van der Waals surface area contributed by atoms with E-state index >= 15 is 0 Å². The summed E-state index contributed by atoms with van der Waals surface area (Å²) in [6.45, 7) is 1.64. The molecule has 5 rings (SSSR count). The molecule has 31 heavy (non-hydrogen) atoms. The molecule has 0 spiro atoms. The van der Waals surface area contributed by atoms with E-state index in [0.29, 0.717) is 16.9 Å². The van der Waals surface area contributed by atoms with E-state index in [1.807, 2.05) is 6.07 Å². The van der Waals surface area contributed by atoms with Gasteiger partial charge in [-0.15, -0.1) is 4.52 Å². The summed E-state index contributed by atoms with van der Waals surface area (Å²) in [5.41, 5.74) is 6.64. The van der Waals surface area contributed by atoms with E-state index in [9.17, 15) is 9.36 Å². The number of carbonyl (C=O) groups is 1. The van der Waals surface area contributed by atoms with Crippen molar-refractivity contribution < 1.29 is 32.6 Å². The Hall–Kier alpha value is -3.34. The number of benzene rings is 1. The van der Waals surface area contributed by atoms with Crippen LogP contribution in [-0.4, -0.2) is 50.1 Å². The van der Waals surface area contributed by atoms with Crippen molar-refractivity contribution in [1.29, 1.82) is 0 Å². The fraction of sp³-hybridized carbons (Fsp3) is 0.333. The van der Waals surface area contributed by atoms with Crippen molar-refractivity contribution in [3.63, 3.8) is 0 Å². The lowest BCUT2D eigenvalue weighted by Crippen LogP contribution is -2.36. The summed E-state index contributed by atoms with van der Waals surface area (Å²) in [7, 11) is -2.50. The number of nitrogens with zero attached hydrogens (tertiary/aromatic N) is 4. The number of carbonyl (C=O) groups excluding carboxylic acids is 1. The van der Waals surface area contributed by atoms with E-state index in [0.717, 1.165) is 0 Å². The minimum absolute atomic E-state index is 0.210. The third-order valence-electron chi connectivity index (χ3n) is 4.99. The maximum absolute atomic E-state index is 12.3. The van der Waals surface area contributed by atoms with E-state index in [-0.39, 0.29) is 5.82 Å². The Labute approximate surface area is 176 Å². The molecule has 160 valence electrons. The van der Waals surface area contributed by atoms with Gasteiger partial charge in [-0.3, -0.25) is 4.57 Å². The molecule has 0 aliphatic carbocycles. The summed E-state index contributed by atoms with van der Waals surface area (Å²) < 4.78 is 41.4. The van der Waals surface area contributed by atoms with Crippen molar-refractivity contribution >= 4 is 31.4 Å². The van der Waals surface area contributed by atoms with Crippen LogP contribution < -0.4 is 10.3 Å². The van der Waals surface area contributed by atoms with E-state index < -0.39 is 45.1 Å². The average Bonchev–Trinajstić information content (AvgIpc) is 3.42. The van der Waals surface area contributed by atoms with Crippen LogP contribution >= 0.6 is 8.25 Å². The molecule has 13 heteroatoms. The zero-order chi connectivity index (χ0) is 21.5. The van der Waals surface area contributed by atoms with Gasteiger partial charge in [0.25, 0.3) is 0 Å². The van der Waals surface area contributed by atoms with Crippen molar-refractivity contribution in [2.75, 3.05) is 5.73 Å². The highest BCUT2D eigenvalue weighted by Crippen LogP contribution is 2.42. The Morgan fingerprint density at radius 2 is 1.94 bits per heavy atom. The number of hydrogen-bond donors (Lipinski definition) is 1. The van der Waals surface area contributed by atoms with Crippen LogP contribution in [0.2, 0.25) is 0 Å². The van der Waals surface area contributed by atoms with Crippen LogP contribution in [0, 0.1) is 0 Å². The average molecular weight is 446 g/mol. The first-order valence-corrected chi connectivity index (χ1v) is 10.4. The molecule has 2 aromatic heterocycles. The van der Waals surface area contributed by atoms with Crippen LogP contribution in [0.25, 0.3) is 11.2 Å². The second-order valence-corrected chi connectivity index (χ2v) is 7.77. The van der Waals surface area contributed by atoms with Crippen LogP contribution in [0.15, 0.2) is 43.0 Å². The minimum Gasteiger partial charge on any atom is -0.424 e. The molecule has 0 radical (unpaired) electrons. The van der Waals surface area contributed by atoms with Crippen LogP contribution in [-0.2, 0) is 23.3 Å². The van der Waals surface area contributed by atoms with Crippen LogP contribution in [0.3, 0.4) is 0 Å². The highest BCUT2D eigenvalue weighted by Gasteiger charge is 2.58. The highest BCUT2D eigenvalue weighted by atomic mass is 31.1. The van der Waals surface area contributed by atoms with Gasteiger partial charge in [-0.05, 0) is 19.1 Å². The second-order valence-electron chi connectivity index (χ2n) is 6.93. The number of rotatable bonds is 6. The van der Waals surface area contributed by atoms with Crippen molar-refractivity contribution in [2.24, 2.45) is 0 Å². The summed E-state index contributed by atoms with van der Waals surface area (Å²) in [6.07, 6.45) is -1.98. The summed E-state index contributed by atoms with van der Waals surface area (Å²) >= 11 is 0. The number of aromatic nitrogens is 4. The van der Waals surface area contributed by atoms with Crippen LogP contribution in [0.1, 0.15) is 13.2 Å². The fourth-order valence-corrected chi connectivity index (χ4v) is 4.35. The Morgan fingerprint density at radius 3 is 2.74 bits per heavy atom. The zero-order valence-corrected chi connectivity index (χ0v) is 17.0. The topological polar surface area (TPSA) is 150 Å². The summed E-state index contributed by atoms with van der Waals surface area (Å²) in [5, 5.41) is 0. The second kappa shape index (κ2) is 7.73.